The topological polar surface area (TPSA) is 55.1 Å². The van der Waals surface area contributed by atoms with Crippen molar-refractivity contribution in [3.63, 3.8) is 0 Å². The number of nitrogens with two attached hydrogens (primary N) is 1. The number of halogens is 2. The normalized spacial score (nSPS) is 14.4. The van der Waals surface area contributed by atoms with Crippen molar-refractivity contribution in [1.82, 2.24) is 5.32 Å². The molecule has 5 heteroatoms. The average Bonchev–Trinajstić information content (AvgIpc) is 2.31. The molecule has 0 spiro atoms. The highest BCUT2D eigenvalue weighted by atomic mass is 79.9. The third kappa shape index (κ3) is 3.29. The molecule has 1 aromatic rings. The van der Waals surface area contributed by atoms with Crippen LogP contribution in [0.1, 0.15) is 31.1 Å². The summed E-state index contributed by atoms with van der Waals surface area (Å²) in [6.45, 7) is 6.08. The molecule has 0 saturated heterocycles. The van der Waals surface area contributed by atoms with E-state index < -0.39 is 17.3 Å². The van der Waals surface area contributed by atoms with E-state index in [1.807, 2.05) is 20.8 Å². The maximum atomic E-state index is 13.6. The summed E-state index contributed by atoms with van der Waals surface area (Å²) in [5.74, 6) is -0.837. The molecule has 1 atom stereocenters. The smallest absolute Gasteiger partial charge is 0.254 e. The van der Waals surface area contributed by atoms with Crippen LogP contribution < -0.4 is 11.1 Å². The fourth-order valence-corrected chi connectivity index (χ4v) is 1.79. The summed E-state index contributed by atoms with van der Waals surface area (Å²) in [4.78, 5) is 12.1. The van der Waals surface area contributed by atoms with Crippen LogP contribution in [0.2, 0.25) is 0 Å². The third-order valence-corrected chi connectivity index (χ3v) is 3.76. The Labute approximate surface area is 115 Å². The summed E-state index contributed by atoms with van der Waals surface area (Å²) in [7, 11) is 0. The van der Waals surface area contributed by atoms with E-state index in [-0.39, 0.29) is 11.5 Å². The minimum Gasteiger partial charge on any atom is -0.345 e. The Morgan fingerprint density at radius 3 is 2.67 bits per heavy atom. The van der Waals surface area contributed by atoms with Crippen molar-refractivity contribution in [3.05, 3.63) is 34.1 Å². The van der Waals surface area contributed by atoms with Crippen molar-refractivity contribution in [2.24, 2.45) is 11.7 Å². The zero-order valence-electron chi connectivity index (χ0n) is 10.8. The molecule has 3 N–H and O–H groups in total. The van der Waals surface area contributed by atoms with Crippen LogP contribution in [-0.4, -0.2) is 18.0 Å². The lowest BCUT2D eigenvalue weighted by Gasteiger charge is -2.33. The van der Waals surface area contributed by atoms with Gasteiger partial charge in [-0.1, -0.05) is 29.8 Å². The standard InChI is InChI=1S/C13H18BrFN2O/c1-8(2)13(3,7-16)17-12(18)10-6-9(14)4-5-11(10)15/h4-6,8H,7,16H2,1-3H3,(H,17,18). The molecule has 0 aliphatic heterocycles. The first-order chi connectivity index (χ1) is 8.30. The minimum atomic E-state index is -0.550. The quantitative estimate of drug-likeness (QED) is 0.897. The van der Waals surface area contributed by atoms with Crippen LogP contribution >= 0.6 is 15.9 Å². The number of hydrogen-bond acceptors (Lipinski definition) is 2. The van der Waals surface area contributed by atoms with E-state index in [2.05, 4.69) is 21.2 Å². The minimum absolute atomic E-state index is 0.0182. The van der Waals surface area contributed by atoms with Crippen molar-refractivity contribution in [2.45, 2.75) is 26.3 Å². The molecule has 1 aromatic carbocycles. The number of amides is 1. The Morgan fingerprint density at radius 1 is 1.56 bits per heavy atom. The fraction of sp³-hybridized carbons (Fsp3) is 0.462. The first kappa shape index (κ1) is 15.1. The van der Waals surface area contributed by atoms with Crippen LogP contribution in [0.3, 0.4) is 0 Å². The van der Waals surface area contributed by atoms with Gasteiger partial charge in [0.25, 0.3) is 5.91 Å². The Kier molecular flexibility index (Phi) is 4.87. The Bertz CT molecular complexity index is 451. The zero-order valence-corrected chi connectivity index (χ0v) is 12.3. The van der Waals surface area contributed by atoms with Gasteiger partial charge in [-0.3, -0.25) is 4.79 Å². The summed E-state index contributed by atoms with van der Waals surface area (Å²) in [5.41, 5.74) is 5.15. The maximum Gasteiger partial charge on any atom is 0.254 e. The molecule has 0 bridgehead atoms. The predicted octanol–water partition coefficient (Wildman–Crippen LogP) is 2.69. The highest BCUT2D eigenvalue weighted by molar-refractivity contribution is 9.10. The van der Waals surface area contributed by atoms with Crippen LogP contribution in [0, 0.1) is 11.7 Å². The van der Waals surface area contributed by atoms with Crippen molar-refractivity contribution < 1.29 is 9.18 Å². The van der Waals surface area contributed by atoms with Gasteiger partial charge in [-0.25, -0.2) is 4.39 Å². The molecule has 0 radical (unpaired) electrons. The number of rotatable bonds is 4. The summed E-state index contributed by atoms with van der Waals surface area (Å²) >= 11 is 3.22. The van der Waals surface area contributed by atoms with Crippen molar-refractivity contribution in [1.29, 1.82) is 0 Å². The highest BCUT2D eigenvalue weighted by Crippen LogP contribution is 2.19. The van der Waals surface area contributed by atoms with Crippen molar-refractivity contribution in [3.8, 4) is 0 Å². The summed E-state index contributed by atoms with van der Waals surface area (Å²) in [6.07, 6.45) is 0. The van der Waals surface area contributed by atoms with Crippen molar-refractivity contribution in [2.75, 3.05) is 6.54 Å². The second kappa shape index (κ2) is 5.80. The van der Waals surface area contributed by atoms with Crippen LogP contribution in [0.4, 0.5) is 4.39 Å². The molecule has 1 amide bonds. The lowest BCUT2D eigenvalue weighted by Crippen LogP contribution is -2.55. The molecule has 0 aliphatic carbocycles. The van der Waals surface area contributed by atoms with Gasteiger partial charge in [0.2, 0.25) is 0 Å². The second-order valence-corrected chi connectivity index (χ2v) is 5.77. The van der Waals surface area contributed by atoms with E-state index in [1.54, 1.807) is 6.07 Å². The van der Waals surface area contributed by atoms with E-state index >= 15 is 0 Å². The molecule has 0 aliphatic rings. The second-order valence-electron chi connectivity index (χ2n) is 4.85. The Balaban J connectivity index is 2.98. The van der Waals surface area contributed by atoms with Gasteiger partial charge in [0.15, 0.2) is 0 Å². The summed E-state index contributed by atoms with van der Waals surface area (Å²) in [6, 6.07) is 4.27. The van der Waals surface area contributed by atoms with E-state index in [1.165, 1.54) is 12.1 Å². The van der Waals surface area contributed by atoms with E-state index in [4.69, 9.17) is 5.73 Å². The zero-order chi connectivity index (χ0) is 13.9. The number of carbonyl (C=O) groups is 1. The monoisotopic (exact) mass is 316 g/mol. The molecule has 0 fully saturated rings. The first-order valence-electron chi connectivity index (χ1n) is 5.78. The molecule has 0 aromatic heterocycles. The van der Waals surface area contributed by atoms with Gasteiger partial charge in [0.05, 0.1) is 11.1 Å². The van der Waals surface area contributed by atoms with Gasteiger partial charge in [-0.15, -0.1) is 0 Å². The van der Waals surface area contributed by atoms with Crippen molar-refractivity contribution >= 4 is 21.8 Å². The molecule has 1 rings (SSSR count). The number of hydrogen-bond donors (Lipinski definition) is 2. The number of nitrogens with one attached hydrogen (secondary N) is 1. The number of benzene rings is 1. The average molecular weight is 317 g/mol. The van der Waals surface area contributed by atoms with Gasteiger partial charge in [-0.2, -0.15) is 0 Å². The summed E-state index contributed by atoms with van der Waals surface area (Å²) in [5, 5.41) is 2.80. The lowest BCUT2D eigenvalue weighted by atomic mass is 9.88. The van der Waals surface area contributed by atoms with Crippen LogP contribution in [0.5, 0.6) is 0 Å². The number of carbonyl (C=O) groups excluding carboxylic acids is 1. The molecule has 3 nitrogen and oxygen atoms in total. The van der Waals surface area contributed by atoms with E-state index in [9.17, 15) is 9.18 Å². The van der Waals surface area contributed by atoms with E-state index in [0.29, 0.717) is 11.0 Å². The van der Waals surface area contributed by atoms with Gasteiger partial charge >= 0.3 is 0 Å². The third-order valence-electron chi connectivity index (χ3n) is 3.27. The largest absolute Gasteiger partial charge is 0.345 e. The predicted molar refractivity (Wildman–Crippen MR) is 73.9 cm³/mol. The van der Waals surface area contributed by atoms with Gasteiger partial charge in [0.1, 0.15) is 5.82 Å². The molecule has 0 heterocycles. The summed E-state index contributed by atoms with van der Waals surface area (Å²) < 4.78 is 14.2. The van der Waals surface area contributed by atoms with Crippen LogP contribution in [0.25, 0.3) is 0 Å². The van der Waals surface area contributed by atoms with E-state index in [0.717, 1.165) is 0 Å². The maximum absolute atomic E-state index is 13.6. The molecule has 100 valence electrons. The van der Waals surface area contributed by atoms with Crippen LogP contribution in [-0.2, 0) is 0 Å². The highest BCUT2D eigenvalue weighted by Gasteiger charge is 2.29. The first-order valence-corrected chi connectivity index (χ1v) is 6.57. The molecular formula is C13H18BrFN2O. The van der Waals surface area contributed by atoms with Crippen LogP contribution in [0.15, 0.2) is 22.7 Å². The molecular weight excluding hydrogens is 299 g/mol. The SMILES string of the molecule is CC(C)C(C)(CN)NC(=O)c1cc(Br)ccc1F. The molecule has 0 saturated carbocycles. The lowest BCUT2D eigenvalue weighted by molar-refractivity contribution is 0.0879. The molecule has 1 unspecified atom stereocenters. The Hall–Kier alpha value is -0.940. The van der Waals surface area contributed by atoms with Gasteiger partial charge in [-0.05, 0) is 31.0 Å². The van der Waals surface area contributed by atoms with Gasteiger partial charge in [0, 0.05) is 11.0 Å². The van der Waals surface area contributed by atoms with Gasteiger partial charge < -0.3 is 11.1 Å². The Morgan fingerprint density at radius 2 is 2.17 bits per heavy atom. The fourth-order valence-electron chi connectivity index (χ4n) is 1.43. The molecule has 18 heavy (non-hydrogen) atoms.